The molecule has 0 bridgehead atoms. The zero-order valence-electron chi connectivity index (χ0n) is 18.8. The number of amides is 2. The lowest BCUT2D eigenvalue weighted by molar-refractivity contribution is 0.151. The Hall–Kier alpha value is -4.05. The van der Waals surface area contributed by atoms with Crippen LogP contribution < -0.4 is 20.7 Å². The molecule has 7 nitrogen and oxygen atoms in total. The van der Waals surface area contributed by atoms with Crippen LogP contribution in [-0.4, -0.2) is 22.5 Å². The average Bonchev–Trinajstić information content (AvgIpc) is 3.33. The van der Waals surface area contributed by atoms with Gasteiger partial charge in [0.2, 0.25) is 5.88 Å². The summed E-state index contributed by atoms with van der Waals surface area (Å²) in [4.78, 5) is 21.8. The number of benzene rings is 2. The molecule has 0 unspecified atom stereocenters. The number of nitrogens with one attached hydrogen (secondary N) is 3. The standard InChI is InChI=1S/C25H23F2N5O2S/c1-2-12-28-25-30-15-21(35-25)16-6-9-20(10-7-16)34-22-11-8-19(14-29-22)32-24(33)31-18-5-3-4-17(13-18)23(26)27/h3-11,13-15,23H,2,12H2,1H3,(H,28,30)(H2,31,32,33). The lowest BCUT2D eigenvalue weighted by atomic mass is 10.2. The third-order valence-corrected chi connectivity index (χ3v) is 5.79. The molecule has 4 rings (SSSR count). The quantitative estimate of drug-likeness (QED) is 0.225. The first-order valence-corrected chi connectivity index (χ1v) is 11.7. The number of ether oxygens (including phenoxy) is 1. The van der Waals surface area contributed by atoms with Crippen LogP contribution in [0.25, 0.3) is 10.4 Å². The van der Waals surface area contributed by atoms with Crippen LogP contribution in [0.3, 0.4) is 0 Å². The summed E-state index contributed by atoms with van der Waals surface area (Å²) in [6.07, 6.45) is 1.72. The van der Waals surface area contributed by atoms with Gasteiger partial charge in [-0.3, -0.25) is 0 Å². The predicted molar refractivity (Wildman–Crippen MR) is 135 cm³/mol. The third kappa shape index (κ3) is 6.73. The lowest BCUT2D eigenvalue weighted by Gasteiger charge is -2.10. The minimum absolute atomic E-state index is 0.167. The molecule has 0 aliphatic heterocycles. The summed E-state index contributed by atoms with van der Waals surface area (Å²) >= 11 is 1.60. The number of hydrogen-bond donors (Lipinski definition) is 3. The summed E-state index contributed by atoms with van der Waals surface area (Å²) < 4.78 is 31.4. The molecule has 4 aromatic rings. The summed E-state index contributed by atoms with van der Waals surface area (Å²) in [5.74, 6) is 0.977. The van der Waals surface area contributed by atoms with Crippen LogP contribution in [0.5, 0.6) is 11.6 Å². The van der Waals surface area contributed by atoms with Crippen molar-refractivity contribution in [2.24, 2.45) is 0 Å². The Morgan fingerprint density at radius 2 is 1.80 bits per heavy atom. The van der Waals surface area contributed by atoms with Gasteiger partial charge in [0.25, 0.3) is 6.43 Å². The summed E-state index contributed by atoms with van der Waals surface area (Å²) in [6, 6.07) is 15.8. The number of alkyl halides is 2. The molecule has 0 radical (unpaired) electrons. The molecule has 35 heavy (non-hydrogen) atoms. The monoisotopic (exact) mass is 495 g/mol. The van der Waals surface area contributed by atoms with Crippen LogP contribution >= 0.6 is 11.3 Å². The van der Waals surface area contributed by atoms with Crippen molar-refractivity contribution >= 4 is 33.9 Å². The van der Waals surface area contributed by atoms with E-state index in [0.717, 1.165) is 28.5 Å². The van der Waals surface area contributed by atoms with Crippen molar-refractivity contribution < 1.29 is 18.3 Å². The molecule has 0 fully saturated rings. The van der Waals surface area contributed by atoms with Gasteiger partial charge in [-0.15, -0.1) is 0 Å². The summed E-state index contributed by atoms with van der Waals surface area (Å²) in [5.41, 5.74) is 1.56. The number of hydrogen-bond acceptors (Lipinski definition) is 6. The van der Waals surface area contributed by atoms with Crippen LogP contribution in [0, 0.1) is 0 Å². The average molecular weight is 496 g/mol. The molecule has 0 saturated carbocycles. The van der Waals surface area contributed by atoms with Crippen molar-refractivity contribution in [2.45, 2.75) is 19.8 Å². The SMILES string of the molecule is CCCNc1ncc(-c2ccc(Oc3ccc(NC(=O)Nc4cccc(C(F)F)c4)cn3)cc2)s1. The highest BCUT2D eigenvalue weighted by Gasteiger charge is 2.10. The fraction of sp³-hybridized carbons (Fsp3) is 0.160. The molecular formula is C25H23F2N5O2S. The number of aromatic nitrogens is 2. The van der Waals surface area contributed by atoms with Gasteiger partial charge in [-0.1, -0.05) is 30.4 Å². The predicted octanol–water partition coefficient (Wildman–Crippen LogP) is 7.40. The molecule has 0 spiro atoms. The van der Waals surface area contributed by atoms with E-state index in [-0.39, 0.29) is 11.3 Å². The Bertz CT molecular complexity index is 1260. The fourth-order valence-corrected chi connectivity index (χ4v) is 3.94. The van der Waals surface area contributed by atoms with Crippen molar-refractivity contribution in [3.05, 3.63) is 78.6 Å². The van der Waals surface area contributed by atoms with Crippen LogP contribution in [-0.2, 0) is 0 Å². The minimum Gasteiger partial charge on any atom is -0.439 e. The van der Waals surface area contributed by atoms with Gasteiger partial charge < -0.3 is 20.7 Å². The zero-order chi connectivity index (χ0) is 24.6. The number of anilines is 3. The summed E-state index contributed by atoms with van der Waals surface area (Å²) in [5, 5.41) is 9.30. The first-order valence-electron chi connectivity index (χ1n) is 10.9. The number of nitrogens with zero attached hydrogens (tertiary/aromatic N) is 2. The van der Waals surface area contributed by atoms with Gasteiger partial charge in [0, 0.05) is 30.1 Å². The van der Waals surface area contributed by atoms with E-state index in [1.807, 2.05) is 30.5 Å². The van der Waals surface area contributed by atoms with Gasteiger partial charge >= 0.3 is 6.03 Å². The van der Waals surface area contributed by atoms with Crippen molar-refractivity contribution in [3.8, 4) is 22.1 Å². The Labute approximate surface area is 205 Å². The highest BCUT2D eigenvalue weighted by Crippen LogP contribution is 2.31. The normalized spacial score (nSPS) is 10.7. The smallest absolute Gasteiger partial charge is 0.323 e. The van der Waals surface area contributed by atoms with Crippen LogP contribution in [0.4, 0.5) is 30.1 Å². The van der Waals surface area contributed by atoms with Gasteiger partial charge in [0.15, 0.2) is 5.13 Å². The molecule has 0 atom stereocenters. The lowest BCUT2D eigenvalue weighted by Crippen LogP contribution is -2.19. The van der Waals surface area contributed by atoms with E-state index in [1.54, 1.807) is 23.5 Å². The van der Waals surface area contributed by atoms with E-state index in [2.05, 4.69) is 32.8 Å². The second-order valence-corrected chi connectivity index (χ2v) is 8.50. The number of urea groups is 1. The molecule has 2 amide bonds. The molecule has 10 heteroatoms. The zero-order valence-corrected chi connectivity index (χ0v) is 19.6. The van der Waals surface area contributed by atoms with E-state index in [4.69, 9.17) is 4.74 Å². The van der Waals surface area contributed by atoms with Crippen molar-refractivity contribution in [1.82, 2.24) is 9.97 Å². The molecule has 0 aliphatic rings. The first-order chi connectivity index (χ1) is 17.0. The third-order valence-electron chi connectivity index (χ3n) is 4.78. The number of rotatable bonds is 9. The van der Waals surface area contributed by atoms with Crippen LogP contribution in [0.15, 0.2) is 73.1 Å². The van der Waals surface area contributed by atoms with Crippen molar-refractivity contribution in [2.75, 3.05) is 22.5 Å². The number of pyridine rings is 1. The Morgan fingerprint density at radius 1 is 1.00 bits per heavy atom. The number of carbonyl (C=O) groups is 1. The van der Waals surface area contributed by atoms with Crippen molar-refractivity contribution in [1.29, 1.82) is 0 Å². The van der Waals surface area contributed by atoms with Gasteiger partial charge in [-0.2, -0.15) is 0 Å². The maximum absolute atomic E-state index is 12.8. The highest BCUT2D eigenvalue weighted by molar-refractivity contribution is 7.18. The molecular weight excluding hydrogens is 472 g/mol. The molecule has 3 N–H and O–H groups in total. The fourth-order valence-electron chi connectivity index (χ4n) is 3.09. The summed E-state index contributed by atoms with van der Waals surface area (Å²) in [7, 11) is 0. The minimum atomic E-state index is -2.61. The van der Waals surface area contributed by atoms with E-state index in [9.17, 15) is 13.6 Å². The molecule has 180 valence electrons. The second-order valence-electron chi connectivity index (χ2n) is 7.47. The Morgan fingerprint density at radius 3 is 2.51 bits per heavy atom. The number of carbonyl (C=O) groups excluding carboxylic acids is 1. The topological polar surface area (TPSA) is 88.2 Å². The molecule has 0 aliphatic carbocycles. The van der Waals surface area contributed by atoms with E-state index in [0.29, 0.717) is 17.3 Å². The van der Waals surface area contributed by atoms with Gasteiger partial charge in [0.1, 0.15) is 5.75 Å². The van der Waals surface area contributed by atoms with E-state index in [1.165, 1.54) is 30.5 Å². The highest BCUT2D eigenvalue weighted by atomic mass is 32.1. The Balaban J connectivity index is 1.31. The largest absolute Gasteiger partial charge is 0.439 e. The Kier molecular flexibility index (Phi) is 7.84. The van der Waals surface area contributed by atoms with Gasteiger partial charge in [-0.05, 0) is 54.4 Å². The summed E-state index contributed by atoms with van der Waals surface area (Å²) in [6.45, 7) is 3.00. The maximum atomic E-state index is 12.8. The van der Waals surface area contributed by atoms with Gasteiger partial charge in [0.05, 0.1) is 16.8 Å². The van der Waals surface area contributed by atoms with Gasteiger partial charge in [-0.25, -0.2) is 23.5 Å². The second kappa shape index (κ2) is 11.4. The molecule has 0 saturated heterocycles. The maximum Gasteiger partial charge on any atom is 0.323 e. The molecule has 2 aromatic heterocycles. The molecule has 2 heterocycles. The van der Waals surface area contributed by atoms with E-state index < -0.39 is 12.5 Å². The molecule has 2 aromatic carbocycles. The van der Waals surface area contributed by atoms with Crippen LogP contribution in [0.1, 0.15) is 25.3 Å². The van der Waals surface area contributed by atoms with Crippen molar-refractivity contribution in [3.63, 3.8) is 0 Å². The van der Waals surface area contributed by atoms with Crippen LogP contribution in [0.2, 0.25) is 0 Å². The number of halogens is 2. The number of thiazole rings is 1. The van der Waals surface area contributed by atoms with E-state index >= 15 is 0 Å². The first kappa shape index (κ1) is 24.1.